The summed E-state index contributed by atoms with van der Waals surface area (Å²) in [6.45, 7) is 9.41. The first-order valence-corrected chi connectivity index (χ1v) is 14.2. The van der Waals surface area contributed by atoms with E-state index in [-0.39, 0.29) is 12.0 Å². The number of pyridine rings is 2. The molecule has 0 amide bonds. The van der Waals surface area contributed by atoms with E-state index in [1.54, 1.807) is 17.0 Å². The van der Waals surface area contributed by atoms with E-state index in [2.05, 4.69) is 33.9 Å². The third-order valence-electron chi connectivity index (χ3n) is 8.22. The van der Waals surface area contributed by atoms with Crippen molar-refractivity contribution in [1.29, 1.82) is 0 Å². The first-order chi connectivity index (χ1) is 19.3. The molecule has 2 aliphatic rings. The minimum Gasteiger partial charge on any atom is -0.489 e. The number of aryl methyl sites for hydroxylation is 2. The molecule has 0 unspecified atom stereocenters. The molecule has 204 valence electrons. The molecule has 9 nitrogen and oxygen atoms in total. The molecular weight excluding hydrogens is 526 g/mol. The van der Waals surface area contributed by atoms with Crippen molar-refractivity contribution in [3.8, 4) is 22.7 Å². The average Bonchev–Trinajstić information content (AvgIpc) is 3.35. The van der Waals surface area contributed by atoms with Crippen LogP contribution in [-0.2, 0) is 0 Å². The van der Waals surface area contributed by atoms with Gasteiger partial charge >= 0.3 is 5.69 Å². The van der Waals surface area contributed by atoms with Gasteiger partial charge in [0.1, 0.15) is 22.8 Å². The molecule has 0 spiro atoms. The highest BCUT2D eigenvalue weighted by Gasteiger charge is 2.35. The molecule has 10 heteroatoms. The number of nitrogens with zero attached hydrogens (tertiary/aromatic N) is 6. The van der Waals surface area contributed by atoms with Gasteiger partial charge in [-0.2, -0.15) is 10.1 Å². The maximum Gasteiger partial charge on any atom is 0.355 e. The Morgan fingerprint density at radius 2 is 1.98 bits per heavy atom. The van der Waals surface area contributed by atoms with Crippen LogP contribution in [0.25, 0.3) is 38.9 Å². The number of rotatable bonds is 3. The summed E-state index contributed by atoms with van der Waals surface area (Å²) in [5.74, 6) is 1.18. The third kappa shape index (κ3) is 3.63. The van der Waals surface area contributed by atoms with E-state index in [0.29, 0.717) is 45.6 Å². The van der Waals surface area contributed by atoms with E-state index in [1.165, 1.54) is 0 Å². The number of H-pyrrole nitrogens is 1. The molecule has 40 heavy (non-hydrogen) atoms. The molecule has 1 saturated heterocycles. The number of nitrogens with one attached hydrogen (secondary N) is 1. The van der Waals surface area contributed by atoms with Crippen molar-refractivity contribution in [1.82, 2.24) is 29.7 Å². The monoisotopic (exact) mass is 555 g/mol. The number of benzene rings is 1. The molecule has 0 radical (unpaired) electrons. The van der Waals surface area contributed by atoms with Crippen molar-refractivity contribution in [3.05, 3.63) is 62.9 Å². The van der Waals surface area contributed by atoms with Crippen LogP contribution in [0.4, 0.5) is 5.82 Å². The fourth-order valence-electron chi connectivity index (χ4n) is 6.25. The molecule has 1 fully saturated rings. The number of fused-ring (bicyclic) bond motifs is 3. The van der Waals surface area contributed by atoms with Gasteiger partial charge in [0.25, 0.3) is 0 Å². The van der Waals surface area contributed by atoms with Crippen LogP contribution in [0, 0.1) is 13.8 Å². The van der Waals surface area contributed by atoms with Crippen molar-refractivity contribution in [2.45, 2.75) is 58.9 Å². The summed E-state index contributed by atoms with van der Waals surface area (Å²) in [4.78, 5) is 30.9. The number of anilines is 1. The number of ether oxygens (including phenoxy) is 1. The zero-order valence-corrected chi connectivity index (χ0v) is 23.7. The van der Waals surface area contributed by atoms with E-state index in [1.807, 2.05) is 32.0 Å². The average molecular weight is 556 g/mol. The van der Waals surface area contributed by atoms with Crippen LogP contribution < -0.4 is 15.3 Å². The summed E-state index contributed by atoms with van der Waals surface area (Å²) in [5, 5.41) is 9.28. The fraction of sp³-hybridized carbons (Fsp3) is 0.367. The number of hydrogen-bond donors (Lipinski definition) is 1. The van der Waals surface area contributed by atoms with Crippen molar-refractivity contribution in [2.75, 3.05) is 18.1 Å². The summed E-state index contributed by atoms with van der Waals surface area (Å²) < 4.78 is 8.16. The van der Waals surface area contributed by atoms with Crippen molar-refractivity contribution >= 4 is 39.4 Å². The standard InChI is InChI=1S/C30H30ClN7O2/c1-15(2)24-26(17(4)10-11-32-24)38-29-22-27(40-14-18-7-5-6-12-37(18)28(22)35-30(38)39)23(31)25(34-29)21-16(3)8-9-20-19(21)13-33-36-20/h8-11,13,15,18H,5-7,12,14H2,1-4H3,(H,33,36)/t18-/m1/s1. The van der Waals surface area contributed by atoms with Crippen LogP contribution in [0.15, 0.2) is 35.4 Å². The Labute approximate surface area is 236 Å². The topological polar surface area (TPSA) is 102 Å². The van der Waals surface area contributed by atoms with E-state index in [9.17, 15) is 4.79 Å². The predicted molar refractivity (Wildman–Crippen MR) is 157 cm³/mol. The molecule has 0 saturated carbocycles. The number of hydrogen-bond acceptors (Lipinski definition) is 7. The molecule has 1 N–H and O–H groups in total. The van der Waals surface area contributed by atoms with Crippen LogP contribution in [0.5, 0.6) is 5.75 Å². The molecule has 4 aromatic heterocycles. The number of aromatic nitrogens is 6. The third-order valence-corrected chi connectivity index (χ3v) is 8.57. The second-order valence-electron chi connectivity index (χ2n) is 11.1. The van der Waals surface area contributed by atoms with Gasteiger partial charge in [-0.15, -0.1) is 0 Å². The molecule has 1 aromatic carbocycles. The second kappa shape index (κ2) is 9.30. The Hall–Kier alpha value is -3.98. The largest absolute Gasteiger partial charge is 0.489 e. The van der Waals surface area contributed by atoms with Crippen LogP contribution in [0.3, 0.4) is 0 Å². The van der Waals surface area contributed by atoms with E-state index in [0.717, 1.165) is 59.1 Å². The van der Waals surface area contributed by atoms with E-state index >= 15 is 0 Å². The van der Waals surface area contributed by atoms with Gasteiger partial charge in [-0.05, 0) is 62.3 Å². The van der Waals surface area contributed by atoms with Crippen LogP contribution >= 0.6 is 11.6 Å². The van der Waals surface area contributed by atoms with Crippen molar-refractivity contribution in [2.24, 2.45) is 0 Å². The number of halogens is 1. The maximum atomic E-state index is 14.1. The molecule has 0 bridgehead atoms. The van der Waals surface area contributed by atoms with Gasteiger partial charge in [-0.25, -0.2) is 14.3 Å². The van der Waals surface area contributed by atoms with Gasteiger partial charge in [-0.1, -0.05) is 31.5 Å². The molecule has 7 rings (SSSR count). The summed E-state index contributed by atoms with van der Waals surface area (Å²) in [7, 11) is 0. The normalized spacial score (nSPS) is 16.9. The van der Waals surface area contributed by atoms with Gasteiger partial charge < -0.3 is 9.64 Å². The molecule has 0 aliphatic carbocycles. The highest BCUT2D eigenvalue weighted by molar-refractivity contribution is 6.36. The Morgan fingerprint density at radius 1 is 1.12 bits per heavy atom. The zero-order valence-electron chi connectivity index (χ0n) is 23.0. The summed E-state index contributed by atoms with van der Waals surface area (Å²) in [6, 6.07) is 6.03. The van der Waals surface area contributed by atoms with Gasteiger partial charge in [-0.3, -0.25) is 10.1 Å². The molecule has 2 aliphatic heterocycles. The Morgan fingerprint density at radius 3 is 2.80 bits per heavy atom. The van der Waals surface area contributed by atoms with Crippen LogP contribution in [0.1, 0.15) is 55.8 Å². The van der Waals surface area contributed by atoms with Crippen molar-refractivity contribution in [3.63, 3.8) is 0 Å². The van der Waals surface area contributed by atoms with Gasteiger partial charge in [0.05, 0.1) is 34.8 Å². The Balaban J connectivity index is 1.66. The Kier molecular flexibility index (Phi) is 5.82. The van der Waals surface area contributed by atoms with Gasteiger partial charge in [0, 0.05) is 23.7 Å². The fourth-order valence-corrected chi connectivity index (χ4v) is 6.53. The smallest absolute Gasteiger partial charge is 0.355 e. The highest BCUT2D eigenvalue weighted by Crippen LogP contribution is 2.47. The van der Waals surface area contributed by atoms with Gasteiger partial charge in [0.2, 0.25) is 0 Å². The summed E-state index contributed by atoms with van der Waals surface area (Å²) in [6.07, 6.45) is 6.66. The number of aromatic amines is 1. The lowest BCUT2D eigenvalue weighted by Gasteiger charge is -2.34. The lowest BCUT2D eigenvalue weighted by molar-refractivity contribution is 0.267. The van der Waals surface area contributed by atoms with E-state index < -0.39 is 5.69 Å². The lowest BCUT2D eigenvalue weighted by Crippen LogP contribution is -2.43. The lowest BCUT2D eigenvalue weighted by atomic mass is 9.99. The van der Waals surface area contributed by atoms with Crippen LogP contribution in [0.2, 0.25) is 5.02 Å². The second-order valence-corrected chi connectivity index (χ2v) is 11.5. The minimum atomic E-state index is -0.392. The minimum absolute atomic E-state index is 0.0723. The summed E-state index contributed by atoms with van der Waals surface area (Å²) >= 11 is 7.22. The van der Waals surface area contributed by atoms with Crippen molar-refractivity contribution < 1.29 is 4.74 Å². The Bertz CT molecular complexity index is 1880. The first-order valence-electron chi connectivity index (χ1n) is 13.8. The number of piperidine rings is 1. The van der Waals surface area contributed by atoms with Gasteiger partial charge in [0.15, 0.2) is 11.4 Å². The molecule has 1 atom stereocenters. The van der Waals surface area contributed by atoms with Crippen LogP contribution in [-0.4, -0.2) is 48.9 Å². The predicted octanol–water partition coefficient (Wildman–Crippen LogP) is 5.86. The molecule has 6 heterocycles. The summed E-state index contributed by atoms with van der Waals surface area (Å²) in [5.41, 5.74) is 5.76. The SMILES string of the molecule is Cc1ccnc(C(C)C)c1-n1c(=O)nc2c3c(c(Cl)c(-c4c(C)ccc5[nH]ncc45)nc31)OC[C@H]1CCCCN21. The highest BCUT2D eigenvalue weighted by atomic mass is 35.5. The maximum absolute atomic E-state index is 14.1. The zero-order chi connectivity index (χ0) is 27.7. The van der Waals surface area contributed by atoms with E-state index in [4.69, 9.17) is 26.3 Å². The first kappa shape index (κ1) is 25.0. The molecular formula is C30H30ClN7O2. The molecule has 5 aromatic rings. The quantitative estimate of drug-likeness (QED) is 0.297.